The zero-order valence-corrected chi connectivity index (χ0v) is 12.6. The number of rotatable bonds is 6. The van der Waals surface area contributed by atoms with E-state index in [1.807, 2.05) is 25.1 Å². The Morgan fingerprint density at radius 2 is 2.27 bits per heavy atom. The molecule has 0 aliphatic rings. The average molecular weight is 303 g/mol. The molecule has 0 atom stereocenters. The Morgan fingerprint density at radius 1 is 1.45 bits per heavy atom. The summed E-state index contributed by atoms with van der Waals surface area (Å²) in [5, 5.41) is 10.1. The topological polar surface area (TPSA) is 101 Å². The number of hydrazone groups is 1. The summed E-state index contributed by atoms with van der Waals surface area (Å²) in [5.74, 6) is 1.52. The highest BCUT2D eigenvalue weighted by Gasteiger charge is 2.08. The van der Waals surface area contributed by atoms with Gasteiger partial charge in [0.15, 0.2) is 17.3 Å². The summed E-state index contributed by atoms with van der Waals surface area (Å²) in [6, 6.07) is 5.48. The van der Waals surface area contributed by atoms with Crippen LogP contribution in [0.25, 0.3) is 0 Å². The summed E-state index contributed by atoms with van der Waals surface area (Å²) in [5.41, 5.74) is 3.42. The standard InChI is InChI=1S/C14H17N5O3/c1-4-22-12-10(6-5-7-11(12)21-3)8-15-18-13-9(2)17-19-14(20)16-13/h5-8H,4H2,1-3H3,(H2,16,18,19,20)/b15-8-. The second-order valence-corrected chi connectivity index (χ2v) is 4.26. The molecular formula is C14H17N5O3. The summed E-state index contributed by atoms with van der Waals surface area (Å²) in [6.45, 7) is 4.10. The Hall–Kier alpha value is -2.90. The number of hydrogen-bond donors (Lipinski definition) is 2. The van der Waals surface area contributed by atoms with Crippen molar-refractivity contribution in [1.29, 1.82) is 0 Å². The zero-order chi connectivity index (χ0) is 15.9. The minimum atomic E-state index is -0.542. The molecule has 116 valence electrons. The number of anilines is 1. The number of H-pyrrole nitrogens is 1. The summed E-state index contributed by atoms with van der Waals surface area (Å²) >= 11 is 0. The van der Waals surface area contributed by atoms with E-state index in [1.54, 1.807) is 20.2 Å². The van der Waals surface area contributed by atoms with E-state index in [0.717, 1.165) is 5.56 Å². The smallest absolute Gasteiger partial charge is 0.363 e. The van der Waals surface area contributed by atoms with Crippen molar-refractivity contribution in [1.82, 2.24) is 15.2 Å². The molecule has 2 rings (SSSR count). The van der Waals surface area contributed by atoms with Crippen LogP contribution in [-0.2, 0) is 0 Å². The number of benzene rings is 1. The van der Waals surface area contributed by atoms with E-state index in [2.05, 4.69) is 25.7 Å². The molecule has 0 aliphatic heterocycles. The first-order valence-electron chi connectivity index (χ1n) is 6.68. The molecule has 0 unspecified atom stereocenters. The lowest BCUT2D eigenvalue weighted by Crippen LogP contribution is -2.15. The molecule has 1 heterocycles. The fourth-order valence-corrected chi connectivity index (χ4v) is 1.75. The van der Waals surface area contributed by atoms with Crippen molar-refractivity contribution in [2.24, 2.45) is 5.10 Å². The second kappa shape index (κ2) is 7.21. The van der Waals surface area contributed by atoms with E-state index in [4.69, 9.17) is 9.47 Å². The maximum atomic E-state index is 11.1. The third kappa shape index (κ3) is 3.60. The summed E-state index contributed by atoms with van der Waals surface area (Å²) in [4.78, 5) is 14.9. The van der Waals surface area contributed by atoms with Gasteiger partial charge in [-0.1, -0.05) is 6.07 Å². The van der Waals surface area contributed by atoms with Crippen LogP contribution in [0.2, 0.25) is 0 Å². The Kier molecular flexibility index (Phi) is 5.07. The van der Waals surface area contributed by atoms with Crippen LogP contribution in [0.4, 0.5) is 5.82 Å². The van der Waals surface area contributed by atoms with Gasteiger partial charge in [0.05, 0.1) is 19.9 Å². The highest BCUT2D eigenvalue weighted by molar-refractivity contribution is 5.85. The van der Waals surface area contributed by atoms with Gasteiger partial charge in [-0.15, -0.1) is 0 Å². The van der Waals surface area contributed by atoms with Crippen LogP contribution in [-0.4, -0.2) is 35.1 Å². The molecule has 0 amide bonds. The molecule has 2 N–H and O–H groups in total. The molecule has 8 heteroatoms. The Balaban J connectivity index is 2.23. The van der Waals surface area contributed by atoms with Crippen LogP contribution in [0, 0.1) is 6.92 Å². The lowest BCUT2D eigenvalue weighted by Gasteiger charge is -2.11. The summed E-state index contributed by atoms with van der Waals surface area (Å²) in [7, 11) is 1.58. The van der Waals surface area contributed by atoms with Crippen LogP contribution < -0.4 is 20.6 Å². The number of hydrogen-bond acceptors (Lipinski definition) is 7. The van der Waals surface area contributed by atoms with E-state index in [-0.39, 0.29) is 0 Å². The Morgan fingerprint density at radius 3 is 3.00 bits per heavy atom. The van der Waals surface area contributed by atoms with E-state index >= 15 is 0 Å². The molecule has 1 aromatic carbocycles. The minimum absolute atomic E-state index is 0.292. The van der Waals surface area contributed by atoms with Gasteiger partial charge in [-0.2, -0.15) is 15.2 Å². The first-order chi connectivity index (χ1) is 10.7. The van der Waals surface area contributed by atoms with E-state index < -0.39 is 5.69 Å². The van der Waals surface area contributed by atoms with Crippen LogP contribution >= 0.6 is 0 Å². The van der Waals surface area contributed by atoms with Crippen LogP contribution in [0.1, 0.15) is 18.2 Å². The second-order valence-electron chi connectivity index (χ2n) is 4.26. The van der Waals surface area contributed by atoms with Crippen molar-refractivity contribution < 1.29 is 9.47 Å². The molecule has 2 aromatic rings. The number of nitrogens with zero attached hydrogens (tertiary/aromatic N) is 3. The third-order valence-electron chi connectivity index (χ3n) is 2.77. The van der Waals surface area contributed by atoms with Crippen molar-refractivity contribution in [2.45, 2.75) is 13.8 Å². The Labute approximate surface area is 127 Å². The van der Waals surface area contributed by atoms with Crippen molar-refractivity contribution in [3.05, 3.63) is 39.9 Å². The van der Waals surface area contributed by atoms with Gasteiger partial charge in [0.25, 0.3) is 0 Å². The molecule has 1 aromatic heterocycles. The predicted molar refractivity (Wildman–Crippen MR) is 82.8 cm³/mol. The molecule has 0 bridgehead atoms. The highest BCUT2D eigenvalue weighted by Crippen LogP contribution is 2.29. The van der Waals surface area contributed by atoms with Crippen LogP contribution in [0.5, 0.6) is 11.5 Å². The number of para-hydroxylation sites is 1. The number of methoxy groups -OCH3 is 1. The summed E-state index contributed by atoms with van der Waals surface area (Å²) < 4.78 is 10.8. The minimum Gasteiger partial charge on any atom is -0.493 e. The monoisotopic (exact) mass is 303 g/mol. The largest absolute Gasteiger partial charge is 0.493 e. The maximum absolute atomic E-state index is 11.1. The van der Waals surface area contributed by atoms with Gasteiger partial charge >= 0.3 is 5.69 Å². The molecule has 0 saturated carbocycles. The van der Waals surface area contributed by atoms with Crippen molar-refractivity contribution in [3.63, 3.8) is 0 Å². The lowest BCUT2D eigenvalue weighted by molar-refractivity contribution is 0.310. The molecule has 0 radical (unpaired) electrons. The third-order valence-corrected chi connectivity index (χ3v) is 2.77. The molecular weight excluding hydrogens is 286 g/mol. The van der Waals surface area contributed by atoms with Crippen molar-refractivity contribution in [3.8, 4) is 11.5 Å². The normalized spacial score (nSPS) is 10.7. The molecule has 0 saturated heterocycles. The molecule has 0 aliphatic carbocycles. The quantitative estimate of drug-likeness (QED) is 0.616. The first kappa shape index (κ1) is 15.5. The number of aromatic nitrogens is 3. The van der Waals surface area contributed by atoms with Crippen LogP contribution in [0.3, 0.4) is 0 Å². The number of nitrogens with one attached hydrogen (secondary N) is 2. The zero-order valence-electron chi connectivity index (χ0n) is 12.6. The van der Waals surface area contributed by atoms with Gasteiger partial charge in [0.1, 0.15) is 5.69 Å². The van der Waals surface area contributed by atoms with Crippen molar-refractivity contribution >= 4 is 12.0 Å². The van der Waals surface area contributed by atoms with Gasteiger partial charge in [-0.25, -0.2) is 9.89 Å². The predicted octanol–water partition coefficient (Wildman–Crippen LogP) is 1.33. The number of ether oxygens (including phenoxy) is 2. The molecule has 0 fully saturated rings. The summed E-state index contributed by atoms with van der Waals surface area (Å²) in [6.07, 6.45) is 1.57. The van der Waals surface area contributed by atoms with E-state index in [0.29, 0.717) is 29.6 Å². The molecule has 8 nitrogen and oxygen atoms in total. The van der Waals surface area contributed by atoms with Gasteiger partial charge < -0.3 is 9.47 Å². The fraction of sp³-hybridized carbons (Fsp3) is 0.286. The van der Waals surface area contributed by atoms with E-state index in [1.165, 1.54) is 0 Å². The highest BCUT2D eigenvalue weighted by atomic mass is 16.5. The SMILES string of the molecule is CCOc1c(/C=N\Nc2nc(=O)[nH]nc2C)cccc1OC. The van der Waals surface area contributed by atoms with Gasteiger partial charge in [-0.3, -0.25) is 5.43 Å². The van der Waals surface area contributed by atoms with Gasteiger partial charge in [0, 0.05) is 5.56 Å². The van der Waals surface area contributed by atoms with Crippen molar-refractivity contribution in [2.75, 3.05) is 19.1 Å². The Bertz CT molecular complexity index is 727. The number of aryl methyl sites for hydroxylation is 1. The van der Waals surface area contributed by atoms with Gasteiger partial charge in [0.2, 0.25) is 0 Å². The van der Waals surface area contributed by atoms with Crippen LogP contribution in [0.15, 0.2) is 28.1 Å². The lowest BCUT2D eigenvalue weighted by atomic mass is 10.2. The average Bonchev–Trinajstić information content (AvgIpc) is 2.52. The number of aromatic amines is 1. The fourth-order valence-electron chi connectivity index (χ4n) is 1.75. The van der Waals surface area contributed by atoms with Gasteiger partial charge in [-0.05, 0) is 26.0 Å². The molecule has 0 spiro atoms. The van der Waals surface area contributed by atoms with E-state index in [9.17, 15) is 4.79 Å². The first-order valence-corrected chi connectivity index (χ1v) is 6.68. The maximum Gasteiger partial charge on any atom is 0.363 e. The molecule has 22 heavy (non-hydrogen) atoms.